The molecule has 1 atom stereocenters. The summed E-state index contributed by atoms with van der Waals surface area (Å²) in [5, 5.41) is 9.60. The van der Waals surface area contributed by atoms with Gasteiger partial charge in [-0.05, 0) is 43.2 Å². The third-order valence-corrected chi connectivity index (χ3v) is 7.54. The molecule has 0 aliphatic carbocycles. The fourth-order valence-electron chi connectivity index (χ4n) is 3.98. The minimum Gasteiger partial charge on any atom is -0.493 e. The lowest BCUT2D eigenvalue weighted by Crippen LogP contribution is -2.29. The maximum atomic E-state index is 12.9. The first-order valence-electron chi connectivity index (χ1n) is 11.8. The number of ether oxygens (including phenoxy) is 3. The quantitative estimate of drug-likeness (QED) is 0.169. The number of allylic oxidation sites excluding steroid dienone is 1. The van der Waals surface area contributed by atoms with Crippen LogP contribution in [-0.2, 0) is 16.1 Å². The number of halogens is 2. The molecule has 11 heteroatoms. The molecule has 4 rings (SSSR count). The van der Waals surface area contributed by atoms with E-state index in [-0.39, 0.29) is 6.61 Å². The molecule has 2 heterocycles. The van der Waals surface area contributed by atoms with Crippen LogP contribution in [0.4, 0.5) is 5.95 Å². The highest BCUT2D eigenvalue weighted by molar-refractivity contribution is 7.99. The van der Waals surface area contributed by atoms with Crippen molar-refractivity contribution in [1.29, 1.82) is 0 Å². The highest BCUT2D eigenvalue weighted by Gasteiger charge is 2.35. The highest BCUT2D eigenvalue weighted by atomic mass is 35.5. The minimum absolute atomic E-state index is 0.166. The fraction of sp³-hybridized carbons (Fsp3) is 0.346. The van der Waals surface area contributed by atoms with Crippen molar-refractivity contribution in [2.24, 2.45) is 0 Å². The number of nitrogens with zero attached hydrogens (tertiary/aromatic N) is 3. The number of benzene rings is 2. The predicted octanol–water partition coefficient (Wildman–Crippen LogP) is 6.53. The molecule has 0 amide bonds. The van der Waals surface area contributed by atoms with Crippen LogP contribution < -0.4 is 14.8 Å². The zero-order valence-electron chi connectivity index (χ0n) is 21.0. The van der Waals surface area contributed by atoms with Crippen molar-refractivity contribution in [3.8, 4) is 11.5 Å². The van der Waals surface area contributed by atoms with Crippen molar-refractivity contribution >= 4 is 46.9 Å². The Kier molecular flexibility index (Phi) is 8.89. The summed E-state index contributed by atoms with van der Waals surface area (Å²) in [7, 11) is 2.92. The van der Waals surface area contributed by atoms with Crippen LogP contribution in [0.3, 0.4) is 0 Å². The molecule has 1 aromatic heterocycles. The molecule has 0 bridgehead atoms. The third kappa shape index (κ3) is 5.84. The number of esters is 1. The Labute approximate surface area is 230 Å². The molecule has 1 N–H and O–H groups in total. The molecule has 196 valence electrons. The Balaban J connectivity index is 1.69. The summed E-state index contributed by atoms with van der Waals surface area (Å²) in [6.45, 7) is 4.13. The number of rotatable bonds is 10. The first-order valence-corrected chi connectivity index (χ1v) is 13.5. The van der Waals surface area contributed by atoms with E-state index in [1.54, 1.807) is 47.8 Å². The summed E-state index contributed by atoms with van der Waals surface area (Å²) >= 11 is 14.2. The summed E-state index contributed by atoms with van der Waals surface area (Å²) in [4.78, 5) is 17.5. The molecule has 1 unspecified atom stereocenters. The SMILES string of the molecule is CCCCSc1nc2n(n1)C(c1ccc(OCc3c(Cl)cccc3Cl)c(OC)c1)C(C(=O)OC)=C(C)N2. The lowest BCUT2D eigenvalue weighted by Gasteiger charge is -2.28. The second kappa shape index (κ2) is 12.1. The Morgan fingerprint density at radius 3 is 2.59 bits per heavy atom. The van der Waals surface area contributed by atoms with Gasteiger partial charge >= 0.3 is 5.97 Å². The molecule has 8 nitrogen and oxygen atoms in total. The number of aromatic nitrogens is 3. The van der Waals surface area contributed by atoms with Gasteiger partial charge in [-0.25, -0.2) is 9.48 Å². The Morgan fingerprint density at radius 1 is 1.16 bits per heavy atom. The number of hydrogen-bond donors (Lipinski definition) is 1. The van der Waals surface area contributed by atoms with Crippen molar-refractivity contribution in [2.75, 3.05) is 25.3 Å². The van der Waals surface area contributed by atoms with E-state index in [2.05, 4.69) is 17.2 Å². The number of unbranched alkanes of at least 4 members (excludes halogenated alkanes) is 1. The smallest absolute Gasteiger partial charge is 0.338 e. The lowest BCUT2D eigenvalue weighted by molar-refractivity contribution is -0.136. The average molecular weight is 564 g/mol. The number of nitrogens with one attached hydrogen (secondary N) is 1. The standard InChI is InChI=1S/C26H28Cl2N4O4S/c1-5-6-12-37-26-30-25-29-15(2)22(24(33)35-4)23(32(25)31-26)16-10-11-20(21(13-16)34-3)36-14-17-18(27)8-7-9-19(17)28/h7-11,13,23H,5-6,12,14H2,1-4H3,(H,29,30,31). The van der Waals surface area contributed by atoms with E-state index in [4.69, 9.17) is 42.5 Å². The summed E-state index contributed by atoms with van der Waals surface area (Å²) in [6.07, 6.45) is 2.15. The maximum absolute atomic E-state index is 12.9. The number of methoxy groups -OCH3 is 2. The largest absolute Gasteiger partial charge is 0.493 e. The molecule has 1 aliphatic heterocycles. The first-order chi connectivity index (χ1) is 17.9. The predicted molar refractivity (Wildman–Crippen MR) is 146 cm³/mol. The Hall–Kier alpha value is -2.88. The van der Waals surface area contributed by atoms with E-state index in [9.17, 15) is 4.79 Å². The molecule has 0 saturated heterocycles. The number of fused-ring (bicyclic) bond motifs is 1. The van der Waals surface area contributed by atoms with Crippen LogP contribution in [0.1, 0.15) is 43.9 Å². The molecule has 37 heavy (non-hydrogen) atoms. The van der Waals surface area contributed by atoms with Gasteiger partial charge in [0.1, 0.15) is 12.6 Å². The van der Waals surface area contributed by atoms with E-state index in [0.717, 1.165) is 24.2 Å². The lowest BCUT2D eigenvalue weighted by atomic mass is 9.95. The van der Waals surface area contributed by atoms with Crippen LogP contribution in [0.15, 0.2) is 52.8 Å². The number of carbonyl (C=O) groups excluding carboxylic acids is 1. The Bertz CT molecular complexity index is 1310. The molecule has 0 radical (unpaired) electrons. The summed E-state index contributed by atoms with van der Waals surface area (Å²) in [6, 6.07) is 10.2. The van der Waals surface area contributed by atoms with Crippen LogP contribution >= 0.6 is 35.0 Å². The molecule has 2 aromatic carbocycles. The van der Waals surface area contributed by atoms with Gasteiger partial charge in [-0.3, -0.25) is 0 Å². The van der Waals surface area contributed by atoms with Gasteiger partial charge in [0.25, 0.3) is 0 Å². The molecule has 3 aromatic rings. The van der Waals surface area contributed by atoms with Crippen LogP contribution in [0.5, 0.6) is 11.5 Å². The van der Waals surface area contributed by atoms with Gasteiger partial charge in [-0.2, -0.15) is 4.98 Å². The van der Waals surface area contributed by atoms with Crippen molar-refractivity contribution in [3.05, 3.63) is 68.8 Å². The summed E-state index contributed by atoms with van der Waals surface area (Å²) < 4.78 is 18.5. The van der Waals surface area contributed by atoms with Gasteiger partial charge in [0.15, 0.2) is 11.5 Å². The molecular formula is C26H28Cl2N4O4S. The van der Waals surface area contributed by atoms with Crippen molar-refractivity contribution in [1.82, 2.24) is 14.8 Å². The monoisotopic (exact) mass is 562 g/mol. The molecular weight excluding hydrogens is 535 g/mol. The van der Waals surface area contributed by atoms with Gasteiger partial charge in [0.2, 0.25) is 11.1 Å². The molecule has 0 spiro atoms. The van der Waals surface area contributed by atoms with Gasteiger partial charge in [-0.15, -0.1) is 5.10 Å². The number of thioether (sulfide) groups is 1. The topological polar surface area (TPSA) is 87.5 Å². The zero-order valence-corrected chi connectivity index (χ0v) is 23.3. The van der Waals surface area contributed by atoms with Gasteiger partial charge in [-0.1, -0.05) is 60.4 Å². The van der Waals surface area contributed by atoms with E-state index >= 15 is 0 Å². The van der Waals surface area contributed by atoms with Crippen LogP contribution in [0.2, 0.25) is 10.0 Å². The molecule has 1 aliphatic rings. The third-order valence-electron chi connectivity index (χ3n) is 5.90. The van der Waals surface area contributed by atoms with Crippen molar-refractivity contribution in [2.45, 2.75) is 44.5 Å². The van der Waals surface area contributed by atoms with Gasteiger partial charge in [0.05, 0.1) is 19.8 Å². The average Bonchev–Trinajstić information content (AvgIpc) is 3.29. The first kappa shape index (κ1) is 27.2. The summed E-state index contributed by atoms with van der Waals surface area (Å²) in [5.74, 6) is 2.01. The Morgan fingerprint density at radius 2 is 1.92 bits per heavy atom. The highest BCUT2D eigenvalue weighted by Crippen LogP contribution is 2.40. The maximum Gasteiger partial charge on any atom is 0.338 e. The van der Waals surface area contributed by atoms with Gasteiger partial charge in [0, 0.05) is 27.1 Å². The van der Waals surface area contributed by atoms with Crippen LogP contribution in [-0.4, -0.2) is 40.7 Å². The normalized spacial score (nSPS) is 14.7. The molecule has 0 fully saturated rings. The second-order valence-electron chi connectivity index (χ2n) is 8.32. The van der Waals surface area contributed by atoms with E-state index < -0.39 is 12.0 Å². The van der Waals surface area contributed by atoms with Crippen LogP contribution in [0.25, 0.3) is 0 Å². The molecule has 0 saturated carbocycles. The number of carbonyl (C=O) groups is 1. The van der Waals surface area contributed by atoms with Crippen molar-refractivity contribution in [3.63, 3.8) is 0 Å². The van der Waals surface area contributed by atoms with E-state index in [1.165, 1.54) is 7.11 Å². The minimum atomic E-state index is -0.572. The number of hydrogen-bond acceptors (Lipinski definition) is 8. The summed E-state index contributed by atoms with van der Waals surface area (Å²) in [5.41, 5.74) is 2.53. The van der Waals surface area contributed by atoms with E-state index in [0.29, 0.717) is 49.5 Å². The van der Waals surface area contributed by atoms with Gasteiger partial charge < -0.3 is 19.5 Å². The number of anilines is 1. The van der Waals surface area contributed by atoms with E-state index in [1.807, 2.05) is 19.1 Å². The van der Waals surface area contributed by atoms with Crippen LogP contribution in [0, 0.1) is 0 Å². The zero-order chi connectivity index (χ0) is 26.5. The second-order valence-corrected chi connectivity index (χ2v) is 10.2. The van der Waals surface area contributed by atoms with Crippen molar-refractivity contribution < 1.29 is 19.0 Å². The fourth-order valence-corrected chi connectivity index (χ4v) is 5.40.